The van der Waals surface area contributed by atoms with E-state index in [0.29, 0.717) is 30.3 Å². The molecular formula is C16H19F2NO4. The highest BCUT2D eigenvalue weighted by Crippen LogP contribution is 2.33. The number of amides is 1. The molecule has 1 aliphatic heterocycles. The van der Waals surface area contributed by atoms with Crippen molar-refractivity contribution in [3.63, 3.8) is 0 Å². The molecule has 0 aromatic heterocycles. The molecule has 0 fully saturated rings. The number of hydrogen-bond donors (Lipinski definition) is 1. The molecule has 1 atom stereocenters. The minimum atomic E-state index is -4.05. The molecule has 1 N–H and O–H groups in total. The maximum atomic E-state index is 13.8. The minimum absolute atomic E-state index is 0.401. The van der Waals surface area contributed by atoms with Crippen LogP contribution in [0.4, 0.5) is 8.78 Å². The third kappa shape index (κ3) is 3.60. The summed E-state index contributed by atoms with van der Waals surface area (Å²) in [6.45, 7) is 5.06. The second kappa shape index (κ2) is 6.52. The molecule has 0 saturated carbocycles. The predicted octanol–water partition coefficient (Wildman–Crippen LogP) is 2.50. The van der Waals surface area contributed by atoms with Gasteiger partial charge >= 0.3 is 5.92 Å². The summed E-state index contributed by atoms with van der Waals surface area (Å²) in [4.78, 5) is 23.2. The van der Waals surface area contributed by atoms with E-state index >= 15 is 0 Å². The Labute approximate surface area is 133 Å². The van der Waals surface area contributed by atoms with Gasteiger partial charge in [0.2, 0.25) is 5.78 Å². The number of rotatable bonds is 5. The Morgan fingerprint density at radius 1 is 1.13 bits per heavy atom. The first kappa shape index (κ1) is 17.2. The van der Waals surface area contributed by atoms with Crippen LogP contribution in [0.25, 0.3) is 0 Å². The number of alkyl halides is 2. The summed E-state index contributed by atoms with van der Waals surface area (Å²) in [7, 11) is 0. The van der Waals surface area contributed by atoms with E-state index in [9.17, 15) is 18.4 Å². The van der Waals surface area contributed by atoms with Gasteiger partial charge in [0, 0.05) is 5.92 Å². The fraction of sp³-hybridized carbons (Fsp3) is 0.500. The van der Waals surface area contributed by atoms with Crippen molar-refractivity contribution in [3.8, 4) is 11.5 Å². The summed E-state index contributed by atoms with van der Waals surface area (Å²) >= 11 is 0. The van der Waals surface area contributed by atoms with E-state index in [1.165, 1.54) is 13.8 Å². The zero-order valence-corrected chi connectivity index (χ0v) is 13.2. The second-order valence-corrected chi connectivity index (χ2v) is 5.69. The van der Waals surface area contributed by atoms with E-state index in [0.717, 1.165) is 0 Å². The molecule has 0 aliphatic carbocycles. The fourth-order valence-corrected chi connectivity index (χ4v) is 2.17. The molecule has 0 bridgehead atoms. The molecule has 0 spiro atoms. The van der Waals surface area contributed by atoms with Crippen molar-refractivity contribution in [2.24, 2.45) is 5.92 Å². The third-order valence-corrected chi connectivity index (χ3v) is 3.53. The van der Waals surface area contributed by atoms with Crippen LogP contribution in [0.5, 0.6) is 11.5 Å². The van der Waals surface area contributed by atoms with Gasteiger partial charge in [-0.05, 0) is 24.6 Å². The number of ether oxygens (including phenoxy) is 2. The smallest absolute Gasteiger partial charge is 0.381 e. The van der Waals surface area contributed by atoms with E-state index in [2.05, 4.69) is 5.32 Å². The number of Topliss-reactive ketones (excluding diaryl/α,β-unsaturated/α-hetero) is 1. The Hall–Kier alpha value is -2.18. The average Bonchev–Trinajstić information content (AvgIpc) is 2.53. The van der Waals surface area contributed by atoms with Gasteiger partial charge in [-0.3, -0.25) is 9.59 Å². The van der Waals surface area contributed by atoms with Crippen LogP contribution in [0.1, 0.15) is 32.4 Å². The highest BCUT2D eigenvalue weighted by Gasteiger charge is 2.48. The monoisotopic (exact) mass is 327 g/mol. The van der Waals surface area contributed by atoms with Gasteiger partial charge in [-0.1, -0.05) is 19.9 Å². The first-order valence-electron chi connectivity index (χ1n) is 7.36. The zero-order valence-electron chi connectivity index (χ0n) is 13.2. The molecule has 5 nitrogen and oxygen atoms in total. The number of carbonyl (C=O) groups excluding carboxylic acids is 2. The first-order valence-corrected chi connectivity index (χ1v) is 7.36. The third-order valence-electron chi connectivity index (χ3n) is 3.53. The Bertz CT molecular complexity index is 616. The zero-order chi connectivity index (χ0) is 17.2. The lowest BCUT2D eigenvalue weighted by atomic mass is 10.0. The number of ketones is 1. The van der Waals surface area contributed by atoms with Gasteiger partial charge in [0.15, 0.2) is 11.5 Å². The Morgan fingerprint density at radius 3 is 2.35 bits per heavy atom. The Balaban J connectivity index is 2.11. The Morgan fingerprint density at radius 2 is 1.74 bits per heavy atom. The van der Waals surface area contributed by atoms with Crippen molar-refractivity contribution in [3.05, 3.63) is 23.8 Å². The molecule has 0 radical (unpaired) electrons. The van der Waals surface area contributed by atoms with E-state index in [1.54, 1.807) is 25.1 Å². The van der Waals surface area contributed by atoms with Crippen molar-refractivity contribution in [2.75, 3.05) is 13.2 Å². The summed E-state index contributed by atoms with van der Waals surface area (Å²) in [6, 6.07) is 4.23. The lowest BCUT2D eigenvalue weighted by molar-refractivity contribution is -0.160. The maximum Gasteiger partial charge on any atom is 0.381 e. The van der Waals surface area contributed by atoms with Crippen LogP contribution >= 0.6 is 0 Å². The summed E-state index contributed by atoms with van der Waals surface area (Å²) in [5.41, 5.74) is 0.579. The molecule has 1 heterocycles. The van der Waals surface area contributed by atoms with E-state index in [4.69, 9.17) is 9.47 Å². The van der Waals surface area contributed by atoms with Crippen molar-refractivity contribution < 1.29 is 27.8 Å². The molecule has 23 heavy (non-hydrogen) atoms. The fourth-order valence-electron chi connectivity index (χ4n) is 2.17. The quantitative estimate of drug-likeness (QED) is 0.844. The molecule has 1 unspecified atom stereocenters. The average molecular weight is 327 g/mol. The number of nitrogens with one attached hydrogen (secondary N) is 1. The van der Waals surface area contributed by atoms with E-state index in [-0.39, 0.29) is 0 Å². The number of hydrogen-bond acceptors (Lipinski definition) is 4. The molecule has 7 heteroatoms. The molecule has 1 aliphatic rings. The van der Waals surface area contributed by atoms with Crippen LogP contribution in [-0.4, -0.2) is 30.8 Å². The summed E-state index contributed by atoms with van der Waals surface area (Å²) in [6.07, 6.45) is 0. The number of fused-ring (bicyclic) bond motifs is 1. The van der Waals surface area contributed by atoms with Crippen molar-refractivity contribution in [1.29, 1.82) is 0 Å². The number of benzene rings is 1. The summed E-state index contributed by atoms with van der Waals surface area (Å²) in [5, 5.41) is 2.17. The molecular weight excluding hydrogens is 308 g/mol. The maximum absolute atomic E-state index is 13.8. The molecule has 1 aromatic rings. The second-order valence-electron chi connectivity index (χ2n) is 5.69. The van der Waals surface area contributed by atoms with Crippen LogP contribution < -0.4 is 14.8 Å². The normalized spacial score (nSPS) is 15.2. The van der Waals surface area contributed by atoms with E-state index in [1.807, 2.05) is 0 Å². The van der Waals surface area contributed by atoms with Gasteiger partial charge < -0.3 is 14.8 Å². The van der Waals surface area contributed by atoms with Crippen LogP contribution in [0.2, 0.25) is 0 Å². The lowest BCUT2D eigenvalue weighted by Crippen LogP contribution is -2.48. The SMILES string of the molecule is CC(C)C(=O)C(F)(F)C(=O)NC(C)c1ccc2c(c1)OCCO2. The summed E-state index contributed by atoms with van der Waals surface area (Å²) < 4.78 is 38.4. The van der Waals surface area contributed by atoms with Crippen LogP contribution in [-0.2, 0) is 9.59 Å². The van der Waals surface area contributed by atoms with Gasteiger partial charge in [-0.2, -0.15) is 8.78 Å². The van der Waals surface area contributed by atoms with Gasteiger partial charge in [-0.25, -0.2) is 0 Å². The molecule has 1 aromatic carbocycles. The van der Waals surface area contributed by atoms with Crippen molar-refractivity contribution >= 4 is 11.7 Å². The molecule has 2 rings (SSSR count). The van der Waals surface area contributed by atoms with Crippen molar-refractivity contribution in [1.82, 2.24) is 5.32 Å². The number of halogens is 2. The van der Waals surface area contributed by atoms with Crippen LogP contribution in [0, 0.1) is 5.92 Å². The van der Waals surface area contributed by atoms with Gasteiger partial charge in [0.1, 0.15) is 13.2 Å². The lowest BCUT2D eigenvalue weighted by Gasteiger charge is -2.23. The van der Waals surface area contributed by atoms with Crippen molar-refractivity contribution in [2.45, 2.75) is 32.7 Å². The Kier molecular flexibility index (Phi) is 4.87. The van der Waals surface area contributed by atoms with Gasteiger partial charge in [-0.15, -0.1) is 0 Å². The molecule has 0 saturated heterocycles. The van der Waals surface area contributed by atoms with Crippen LogP contribution in [0.3, 0.4) is 0 Å². The van der Waals surface area contributed by atoms with E-state index < -0.39 is 29.6 Å². The minimum Gasteiger partial charge on any atom is -0.486 e. The van der Waals surface area contributed by atoms with Gasteiger partial charge in [0.05, 0.1) is 6.04 Å². The molecule has 126 valence electrons. The summed E-state index contributed by atoms with van der Waals surface area (Å²) in [5.74, 6) is -6.90. The topological polar surface area (TPSA) is 64.6 Å². The van der Waals surface area contributed by atoms with Crippen LogP contribution in [0.15, 0.2) is 18.2 Å². The largest absolute Gasteiger partial charge is 0.486 e. The highest BCUT2D eigenvalue weighted by atomic mass is 19.3. The molecule has 1 amide bonds. The standard InChI is InChI=1S/C16H19F2NO4/c1-9(2)14(20)16(17,18)15(21)19-10(3)11-4-5-12-13(8-11)23-7-6-22-12/h4-5,8-10H,6-7H2,1-3H3,(H,19,21). The number of carbonyl (C=O) groups is 2. The first-order chi connectivity index (χ1) is 10.7. The van der Waals surface area contributed by atoms with Gasteiger partial charge in [0.25, 0.3) is 5.91 Å². The predicted molar refractivity (Wildman–Crippen MR) is 78.8 cm³/mol. The highest BCUT2D eigenvalue weighted by molar-refractivity contribution is 6.08.